The Hall–Kier alpha value is -1.97. The van der Waals surface area contributed by atoms with Crippen molar-refractivity contribution in [1.82, 2.24) is 15.1 Å². The van der Waals surface area contributed by atoms with Crippen LogP contribution < -0.4 is 4.68 Å². The van der Waals surface area contributed by atoms with Crippen molar-refractivity contribution >= 4 is 10.1 Å². The number of aromatic nitrogens is 4. The minimum absolute atomic E-state index is 0.0779. The molecule has 0 saturated heterocycles. The monoisotopic (exact) mass is 296 g/mol. The molecule has 0 aliphatic heterocycles. The zero-order chi connectivity index (χ0) is 14.6. The second kappa shape index (κ2) is 5.99. The molecule has 9 heteroatoms. The quantitative estimate of drug-likeness (QED) is 0.539. The minimum Gasteiger partial charge on any atom is -0.748 e. The summed E-state index contributed by atoms with van der Waals surface area (Å²) < 4.78 is 32.9. The highest BCUT2D eigenvalue weighted by atomic mass is 32.2. The standard InChI is InChI=1S/C11H12N4O4S/c16-10(7-20(17,18)19)6-15-4-2-9(5-14-15)11-1-3-12-8-13-11/h1-5,8,10,16H,6-7H2. The highest BCUT2D eigenvalue weighted by Crippen LogP contribution is 2.11. The molecule has 0 bridgehead atoms. The smallest absolute Gasteiger partial charge is 0.200 e. The van der Waals surface area contributed by atoms with Gasteiger partial charge in [0, 0.05) is 17.8 Å². The van der Waals surface area contributed by atoms with E-state index in [1.54, 1.807) is 24.5 Å². The summed E-state index contributed by atoms with van der Waals surface area (Å²) in [7, 11) is -4.45. The van der Waals surface area contributed by atoms with Gasteiger partial charge in [0.1, 0.15) is 18.6 Å². The lowest BCUT2D eigenvalue weighted by molar-refractivity contribution is -0.758. The SMILES string of the molecule is O=S(=O)([O-])CC(O)C[n+]1ccc(-c2ccncn2)cn1. The summed E-state index contributed by atoms with van der Waals surface area (Å²) in [5.41, 5.74) is 1.46. The lowest BCUT2D eigenvalue weighted by Crippen LogP contribution is -2.44. The van der Waals surface area contributed by atoms with Crippen molar-refractivity contribution < 1.29 is 22.8 Å². The Kier molecular flexibility index (Phi) is 4.32. The van der Waals surface area contributed by atoms with Gasteiger partial charge in [-0.25, -0.2) is 18.4 Å². The fourth-order valence-corrected chi connectivity index (χ4v) is 2.19. The Bertz CT molecular complexity index is 661. The van der Waals surface area contributed by atoms with Crippen molar-refractivity contribution in [1.29, 1.82) is 0 Å². The largest absolute Gasteiger partial charge is 0.748 e. The first kappa shape index (κ1) is 14.4. The second-order valence-electron chi connectivity index (χ2n) is 4.11. The first-order chi connectivity index (χ1) is 9.44. The molecule has 0 fully saturated rings. The molecule has 0 saturated carbocycles. The Morgan fingerprint density at radius 1 is 1.40 bits per heavy atom. The summed E-state index contributed by atoms with van der Waals surface area (Å²) in [4.78, 5) is 7.86. The molecule has 2 heterocycles. The summed E-state index contributed by atoms with van der Waals surface area (Å²) in [5, 5.41) is 13.5. The number of aliphatic hydroxyl groups is 1. The Morgan fingerprint density at radius 2 is 2.20 bits per heavy atom. The number of hydrogen-bond donors (Lipinski definition) is 1. The fourth-order valence-electron chi connectivity index (χ4n) is 1.61. The van der Waals surface area contributed by atoms with Crippen LogP contribution in [-0.4, -0.2) is 45.0 Å². The molecule has 0 radical (unpaired) electrons. The van der Waals surface area contributed by atoms with Gasteiger partial charge < -0.3 is 9.66 Å². The molecule has 0 spiro atoms. The molecule has 106 valence electrons. The normalized spacial score (nSPS) is 13.1. The second-order valence-corrected chi connectivity index (χ2v) is 5.56. The van der Waals surface area contributed by atoms with E-state index in [2.05, 4.69) is 15.1 Å². The molecule has 0 aliphatic rings. The first-order valence-electron chi connectivity index (χ1n) is 5.68. The third-order valence-corrected chi connectivity index (χ3v) is 3.24. The number of rotatable bonds is 5. The highest BCUT2D eigenvalue weighted by molar-refractivity contribution is 7.85. The van der Waals surface area contributed by atoms with Gasteiger partial charge in [-0.3, -0.25) is 0 Å². The van der Waals surface area contributed by atoms with Crippen LogP contribution in [0.3, 0.4) is 0 Å². The molecular weight excluding hydrogens is 284 g/mol. The molecule has 0 amide bonds. The van der Waals surface area contributed by atoms with E-state index < -0.39 is 22.0 Å². The maximum atomic E-state index is 10.5. The fraction of sp³-hybridized carbons (Fsp3) is 0.273. The van der Waals surface area contributed by atoms with E-state index in [4.69, 9.17) is 0 Å². The molecule has 2 aromatic heterocycles. The molecule has 0 aromatic carbocycles. The van der Waals surface area contributed by atoms with Gasteiger partial charge >= 0.3 is 0 Å². The molecule has 8 nitrogen and oxygen atoms in total. The van der Waals surface area contributed by atoms with Crippen molar-refractivity contribution in [2.75, 3.05) is 5.75 Å². The lowest BCUT2D eigenvalue weighted by Gasteiger charge is -2.09. The topological polar surface area (TPSA) is 120 Å². The van der Waals surface area contributed by atoms with Crippen LogP contribution in [0.5, 0.6) is 0 Å². The van der Waals surface area contributed by atoms with Crippen LogP contribution in [-0.2, 0) is 16.7 Å². The maximum Gasteiger partial charge on any atom is 0.200 e. The van der Waals surface area contributed by atoms with Gasteiger partial charge in [-0.05, 0) is 11.2 Å². The van der Waals surface area contributed by atoms with Crippen molar-refractivity contribution in [3.05, 3.63) is 37.1 Å². The first-order valence-corrected chi connectivity index (χ1v) is 7.25. The third-order valence-electron chi connectivity index (χ3n) is 2.44. The molecule has 2 aromatic rings. The Balaban J connectivity index is 2.06. The van der Waals surface area contributed by atoms with Crippen LogP contribution in [0.2, 0.25) is 0 Å². The van der Waals surface area contributed by atoms with Gasteiger partial charge in [0.2, 0.25) is 6.54 Å². The van der Waals surface area contributed by atoms with Crippen LogP contribution in [0, 0.1) is 0 Å². The van der Waals surface area contributed by atoms with E-state index in [1.165, 1.54) is 17.2 Å². The van der Waals surface area contributed by atoms with Crippen LogP contribution in [0.25, 0.3) is 11.3 Å². The molecule has 0 aliphatic carbocycles. The van der Waals surface area contributed by atoms with Crippen molar-refractivity contribution in [3.63, 3.8) is 0 Å². The van der Waals surface area contributed by atoms with E-state index in [1.807, 2.05) is 0 Å². The molecule has 1 atom stereocenters. The molecular formula is C11H12N4O4S. The predicted molar refractivity (Wildman–Crippen MR) is 66.0 cm³/mol. The summed E-state index contributed by atoms with van der Waals surface area (Å²) in [6.45, 7) is -0.0779. The van der Waals surface area contributed by atoms with Crippen molar-refractivity contribution in [3.8, 4) is 11.3 Å². The predicted octanol–water partition coefficient (Wildman–Crippen LogP) is -1.27. The van der Waals surface area contributed by atoms with E-state index in [0.717, 1.165) is 5.56 Å². The molecule has 2 rings (SSSR count). The molecule has 1 N–H and O–H groups in total. The van der Waals surface area contributed by atoms with Gasteiger partial charge in [0.15, 0.2) is 6.20 Å². The van der Waals surface area contributed by atoms with E-state index >= 15 is 0 Å². The van der Waals surface area contributed by atoms with Gasteiger partial charge in [-0.1, -0.05) is 4.68 Å². The Morgan fingerprint density at radius 3 is 2.75 bits per heavy atom. The van der Waals surface area contributed by atoms with Gasteiger partial charge in [-0.2, -0.15) is 0 Å². The minimum atomic E-state index is -4.45. The number of hydrogen-bond acceptors (Lipinski definition) is 7. The van der Waals surface area contributed by atoms with Crippen LogP contribution in [0.15, 0.2) is 37.1 Å². The summed E-state index contributed by atoms with van der Waals surface area (Å²) >= 11 is 0. The van der Waals surface area contributed by atoms with Crippen LogP contribution in [0.1, 0.15) is 0 Å². The third kappa shape index (κ3) is 4.30. The zero-order valence-electron chi connectivity index (χ0n) is 10.3. The van der Waals surface area contributed by atoms with Gasteiger partial charge in [0.05, 0.1) is 21.6 Å². The van der Waals surface area contributed by atoms with Crippen LogP contribution >= 0.6 is 0 Å². The highest BCUT2D eigenvalue weighted by Gasteiger charge is 2.15. The maximum absolute atomic E-state index is 10.5. The summed E-state index contributed by atoms with van der Waals surface area (Å²) in [6, 6.07) is 3.44. The number of aliphatic hydroxyl groups excluding tert-OH is 1. The molecule has 20 heavy (non-hydrogen) atoms. The zero-order valence-corrected chi connectivity index (χ0v) is 11.1. The molecule has 1 unspecified atom stereocenters. The summed E-state index contributed by atoms with van der Waals surface area (Å²) in [6.07, 6.45) is 4.82. The number of nitrogens with zero attached hydrogens (tertiary/aromatic N) is 4. The van der Waals surface area contributed by atoms with Crippen LogP contribution in [0.4, 0.5) is 0 Å². The lowest BCUT2D eigenvalue weighted by atomic mass is 10.2. The average Bonchev–Trinajstić information content (AvgIpc) is 2.38. The summed E-state index contributed by atoms with van der Waals surface area (Å²) in [5.74, 6) is -0.838. The van der Waals surface area contributed by atoms with Gasteiger partial charge in [-0.15, -0.1) is 0 Å². The average molecular weight is 296 g/mol. The van der Waals surface area contributed by atoms with Gasteiger partial charge in [0.25, 0.3) is 0 Å². The van der Waals surface area contributed by atoms with E-state index in [0.29, 0.717) is 5.69 Å². The van der Waals surface area contributed by atoms with E-state index in [9.17, 15) is 18.1 Å². The Labute approximate surface area is 115 Å². The van der Waals surface area contributed by atoms with Crippen molar-refractivity contribution in [2.24, 2.45) is 0 Å². The van der Waals surface area contributed by atoms with E-state index in [-0.39, 0.29) is 6.54 Å². The van der Waals surface area contributed by atoms with Crippen molar-refractivity contribution in [2.45, 2.75) is 12.6 Å².